The van der Waals surface area contributed by atoms with Crippen molar-refractivity contribution in [3.8, 4) is 0 Å². The van der Waals surface area contributed by atoms with Gasteiger partial charge in [-0.25, -0.2) is 4.79 Å². The second kappa shape index (κ2) is 6.38. The fourth-order valence-electron chi connectivity index (χ4n) is 2.39. The Hall–Kier alpha value is -1.81. The van der Waals surface area contributed by atoms with E-state index in [4.69, 9.17) is 5.11 Å². The summed E-state index contributed by atoms with van der Waals surface area (Å²) < 4.78 is 0. The summed E-state index contributed by atoms with van der Waals surface area (Å²) in [5, 5.41) is 9.01. The van der Waals surface area contributed by atoms with E-state index >= 15 is 0 Å². The summed E-state index contributed by atoms with van der Waals surface area (Å²) in [4.78, 5) is 14.8. The lowest BCUT2D eigenvalue weighted by Crippen LogP contribution is -2.53. The average molecular weight is 260 g/mol. The number of benzene rings is 1. The van der Waals surface area contributed by atoms with Crippen LogP contribution in [0.15, 0.2) is 36.4 Å². The number of carboxylic acid groups (broad SMARTS) is 1. The summed E-state index contributed by atoms with van der Waals surface area (Å²) >= 11 is 0. The Kier molecular flexibility index (Phi) is 4.58. The Morgan fingerprint density at radius 3 is 2.74 bits per heavy atom. The number of carbonyl (C=O) groups is 1. The Balaban J connectivity index is 1.82. The molecule has 19 heavy (non-hydrogen) atoms. The van der Waals surface area contributed by atoms with Crippen LogP contribution in [0.5, 0.6) is 0 Å². The van der Waals surface area contributed by atoms with Crippen molar-refractivity contribution < 1.29 is 9.90 Å². The molecule has 1 aliphatic heterocycles. The van der Waals surface area contributed by atoms with Gasteiger partial charge in [-0.3, -0.25) is 4.90 Å². The van der Waals surface area contributed by atoms with Crippen LogP contribution in [0.2, 0.25) is 0 Å². The van der Waals surface area contributed by atoms with Gasteiger partial charge in [0.2, 0.25) is 0 Å². The molecule has 1 atom stereocenters. The largest absolute Gasteiger partial charge is 0.465 e. The molecular weight excluding hydrogens is 240 g/mol. The molecule has 4 heteroatoms. The number of rotatable bonds is 3. The summed E-state index contributed by atoms with van der Waals surface area (Å²) in [7, 11) is 0. The van der Waals surface area contributed by atoms with Crippen molar-refractivity contribution >= 4 is 12.2 Å². The van der Waals surface area contributed by atoms with Gasteiger partial charge in [0.1, 0.15) is 0 Å². The molecule has 1 heterocycles. The van der Waals surface area contributed by atoms with E-state index in [1.807, 2.05) is 25.1 Å². The highest BCUT2D eigenvalue weighted by molar-refractivity contribution is 5.65. The van der Waals surface area contributed by atoms with Crippen molar-refractivity contribution in [3.05, 3.63) is 42.0 Å². The molecule has 102 valence electrons. The normalized spacial score (nSPS) is 20.9. The molecule has 1 amide bonds. The quantitative estimate of drug-likeness (QED) is 0.907. The number of piperazine rings is 1. The predicted molar refractivity (Wildman–Crippen MR) is 76.1 cm³/mol. The average Bonchev–Trinajstić information content (AvgIpc) is 2.39. The fourth-order valence-corrected chi connectivity index (χ4v) is 2.39. The molecule has 0 saturated carbocycles. The van der Waals surface area contributed by atoms with E-state index in [0.29, 0.717) is 6.54 Å². The maximum atomic E-state index is 11.0. The van der Waals surface area contributed by atoms with Crippen molar-refractivity contribution in [2.45, 2.75) is 13.0 Å². The second-order valence-electron chi connectivity index (χ2n) is 4.90. The number of nitrogens with zero attached hydrogens (tertiary/aromatic N) is 2. The Labute approximate surface area is 113 Å². The smallest absolute Gasteiger partial charge is 0.407 e. The van der Waals surface area contributed by atoms with Crippen LogP contribution in [0, 0.1) is 0 Å². The molecule has 0 aromatic heterocycles. The molecule has 0 bridgehead atoms. The van der Waals surface area contributed by atoms with Gasteiger partial charge < -0.3 is 10.0 Å². The summed E-state index contributed by atoms with van der Waals surface area (Å²) in [6, 6.07) is 10.3. The van der Waals surface area contributed by atoms with E-state index in [1.165, 1.54) is 10.5 Å². The van der Waals surface area contributed by atoms with E-state index < -0.39 is 6.09 Å². The van der Waals surface area contributed by atoms with Crippen LogP contribution in [0.3, 0.4) is 0 Å². The van der Waals surface area contributed by atoms with Gasteiger partial charge in [-0.1, -0.05) is 42.5 Å². The van der Waals surface area contributed by atoms with Crippen molar-refractivity contribution in [3.63, 3.8) is 0 Å². The zero-order valence-corrected chi connectivity index (χ0v) is 11.2. The SMILES string of the molecule is CC1CN(C/C=C/c2ccccc2)CCN1C(=O)O. The van der Waals surface area contributed by atoms with Crippen LogP contribution >= 0.6 is 0 Å². The summed E-state index contributed by atoms with van der Waals surface area (Å²) in [5.74, 6) is 0. The van der Waals surface area contributed by atoms with Gasteiger partial charge in [-0.15, -0.1) is 0 Å². The molecule has 1 saturated heterocycles. The third-order valence-corrected chi connectivity index (χ3v) is 3.43. The Bertz CT molecular complexity index is 445. The zero-order valence-electron chi connectivity index (χ0n) is 11.2. The van der Waals surface area contributed by atoms with E-state index in [9.17, 15) is 4.79 Å². The third-order valence-electron chi connectivity index (χ3n) is 3.43. The van der Waals surface area contributed by atoms with Gasteiger partial charge in [0.15, 0.2) is 0 Å². The van der Waals surface area contributed by atoms with Crippen LogP contribution in [0.4, 0.5) is 4.79 Å². The van der Waals surface area contributed by atoms with E-state index in [0.717, 1.165) is 19.6 Å². The Morgan fingerprint density at radius 1 is 1.37 bits per heavy atom. The molecule has 1 aromatic carbocycles. The lowest BCUT2D eigenvalue weighted by molar-refractivity contribution is 0.0790. The first-order valence-corrected chi connectivity index (χ1v) is 6.60. The lowest BCUT2D eigenvalue weighted by Gasteiger charge is -2.37. The predicted octanol–water partition coefficient (Wildman–Crippen LogP) is 2.38. The maximum absolute atomic E-state index is 11.0. The Morgan fingerprint density at radius 2 is 2.11 bits per heavy atom. The topological polar surface area (TPSA) is 43.8 Å². The van der Waals surface area contributed by atoms with Gasteiger partial charge in [-0.05, 0) is 12.5 Å². The van der Waals surface area contributed by atoms with Crippen molar-refractivity contribution in [2.24, 2.45) is 0 Å². The molecule has 1 aromatic rings. The molecule has 0 radical (unpaired) electrons. The summed E-state index contributed by atoms with van der Waals surface area (Å²) in [5.41, 5.74) is 1.19. The number of hydrogen-bond donors (Lipinski definition) is 1. The highest BCUT2D eigenvalue weighted by Crippen LogP contribution is 2.10. The monoisotopic (exact) mass is 260 g/mol. The van der Waals surface area contributed by atoms with Crippen LogP contribution < -0.4 is 0 Å². The van der Waals surface area contributed by atoms with Gasteiger partial charge in [0.05, 0.1) is 0 Å². The zero-order chi connectivity index (χ0) is 13.7. The first kappa shape index (κ1) is 13.6. The molecule has 2 rings (SSSR count). The highest BCUT2D eigenvalue weighted by Gasteiger charge is 2.26. The van der Waals surface area contributed by atoms with Crippen molar-refractivity contribution in [1.29, 1.82) is 0 Å². The molecule has 0 spiro atoms. The van der Waals surface area contributed by atoms with Crippen LogP contribution in [-0.4, -0.2) is 53.2 Å². The molecule has 1 N–H and O–H groups in total. The number of hydrogen-bond acceptors (Lipinski definition) is 2. The van der Waals surface area contributed by atoms with Gasteiger partial charge in [0.25, 0.3) is 0 Å². The standard InChI is InChI=1S/C15H20N2O2/c1-13-12-16(10-11-17(13)15(18)19)9-5-8-14-6-3-2-4-7-14/h2-8,13H,9-12H2,1H3,(H,18,19)/b8-5+. The van der Waals surface area contributed by atoms with Crippen molar-refractivity contribution in [2.75, 3.05) is 26.2 Å². The van der Waals surface area contributed by atoms with E-state index in [2.05, 4.69) is 29.2 Å². The van der Waals surface area contributed by atoms with Crippen molar-refractivity contribution in [1.82, 2.24) is 9.80 Å². The van der Waals surface area contributed by atoms with Gasteiger partial charge in [0, 0.05) is 32.2 Å². The van der Waals surface area contributed by atoms with Crippen LogP contribution in [-0.2, 0) is 0 Å². The minimum atomic E-state index is -0.813. The molecule has 1 fully saturated rings. The van der Waals surface area contributed by atoms with E-state index in [-0.39, 0.29) is 6.04 Å². The van der Waals surface area contributed by atoms with Gasteiger partial charge >= 0.3 is 6.09 Å². The summed E-state index contributed by atoms with van der Waals surface area (Å²) in [6.07, 6.45) is 3.43. The minimum Gasteiger partial charge on any atom is -0.465 e. The maximum Gasteiger partial charge on any atom is 0.407 e. The lowest BCUT2D eigenvalue weighted by atomic mass is 10.2. The van der Waals surface area contributed by atoms with E-state index in [1.54, 1.807) is 0 Å². The molecule has 1 unspecified atom stereocenters. The number of amides is 1. The first-order chi connectivity index (χ1) is 9.16. The molecule has 1 aliphatic rings. The van der Waals surface area contributed by atoms with Crippen LogP contribution in [0.25, 0.3) is 6.08 Å². The minimum absolute atomic E-state index is 0.0661. The second-order valence-corrected chi connectivity index (χ2v) is 4.90. The third kappa shape index (κ3) is 3.83. The molecule has 0 aliphatic carbocycles. The molecule has 4 nitrogen and oxygen atoms in total. The first-order valence-electron chi connectivity index (χ1n) is 6.60. The fraction of sp³-hybridized carbons (Fsp3) is 0.400. The van der Waals surface area contributed by atoms with Crippen LogP contribution in [0.1, 0.15) is 12.5 Å². The van der Waals surface area contributed by atoms with Gasteiger partial charge in [-0.2, -0.15) is 0 Å². The molecular formula is C15H20N2O2. The summed E-state index contributed by atoms with van der Waals surface area (Å²) in [6.45, 7) is 5.02. The highest BCUT2D eigenvalue weighted by atomic mass is 16.4.